The number of hydrogen-bond acceptors (Lipinski definition) is 9. The number of carbonyl (C=O) groups is 1. The number of aliphatic hydroxyl groups excluding tert-OH is 2. The highest BCUT2D eigenvalue weighted by atomic mass is 16.5. The molecule has 34 heavy (non-hydrogen) atoms. The first-order chi connectivity index (χ1) is 16.5. The van der Waals surface area contributed by atoms with E-state index < -0.39 is 0 Å². The number of benzene rings is 2. The molecule has 9 heteroatoms. The van der Waals surface area contributed by atoms with Gasteiger partial charge in [-0.05, 0) is 47.5 Å². The number of methoxy groups -OCH3 is 4. The predicted molar refractivity (Wildman–Crippen MR) is 127 cm³/mol. The standard InChI is InChI=1S/C25H30O9/c1-29-20-13-17(14-21(30-2)24(20)33-11-9-26)5-7-19(28)8-6-18-15-22(31-3)25(34-12-10-27)23(16-18)32-4/h5-8,13-16,26-27H,9-12H2,1-4H3/b7-5+,8-6+. The molecule has 0 saturated heterocycles. The molecule has 0 spiro atoms. The fourth-order valence-electron chi connectivity index (χ4n) is 2.99. The van der Waals surface area contributed by atoms with Crippen LogP contribution in [0.4, 0.5) is 0 Å². The highest BCUT2D eigenvalue weighted by molar-refractivity contribution is 6.04. The molecule has 0 amide bonds. The first kappa shape index (κ1) is 26.6. The van der Waals surface area contributed by atoms with Crippen LogP contribution in [-0.4, -0.2) is 70.9 Å². The van der Waals surface area contributed by atoms with E-state index in [-0.39, 0.29) is 32.2 Å². The molecule has 9 nitrogen and oxygen atoms in total. The van der Waals surface area contributed by atoms with E-state index in [0.717, 1.165) is 0 Å². The summed E-state index contributed by atoms with van der Waals surface area (Å²) in [7, 11) is 5.96. The highest BCUT2D eigenvalue weighted by Crippen LogP contribution is 2.40. The lowest BCUT2D eigenvalue weighted by Gasteiger charge is -2.14. The molecule has 0 radical (unpaired) electrons. The van der Waals surface area contributed by atoms with Crippen LogP contribution in [0.1, 0.15) is 11.1 Å². The Morgan fingerprint density at radius 3 is 1.26 bits per heavy atom. The second kappa shape index (κ2) is 13.8. The molecule has 2 N–H and O–H groups in total. The van der Waals surface area contributed by atoms with Crippen LogP contribution >= 0.6 is 0 Å². The van der Waals surface area contributed by atoms with E-state index in [9.17, 15) is 4.79 Å². The third-order valence-corrected chi connectivity index (χ3v) is 4.52. The number of hydrogen-bond donors (Lipinski definition) is 2. The zero-order valence-corrected chi connectivity index (χ0v) is 19.7. The van der Waals surface area contributed by atoms with Crippen LogP contribution in [0, 0.1) is 0 Å². The first-order valence-corrected chi connectivity index (χ1v) is 10.4. The molecule has 0 aliphatic carbocycles. The molecule has 0 aliphatic heterocycles. The maximum absolute atomic E-state index is 12.4. The van der Waals surface area contributed by atoms with Gasteiger partial charge in [-0.15, -0.1) is 0 Å². The molecular weight excluding hydrogens is 444 g/mol. The Bertz CT molecular complexity index is 882. The van der Waals surface area contributed by atoms with Gasteiger partial charge in [0, 0.05) is 0 Å². The highest BCUT2D eigenvalue weighted by Gasteiger charge is 2.14. The molecule has 0 aromatic heterocycles. The largest absolute Gasteiger partial charge is 0.493 e. The van der Waals surface area contributed by atoms with Gasteiger partial charge in [-0.3, -0.25) is 4.79 Å². The summed E-state index contributed by atoms with van der Waals surface area (Å²) < 4.78 is 32.4. The van der Waals surface area contributed by atoms with E-state index in [1.54, 1.807) is 36.4 Å². The van der Waals surface area contributed by atoms with Gasteiger partial charge in [0.2, 0.25) is 11.5 Å². The van der Waals surface area contributed by atoms with Gasteiger partial charge in [-0.1, -0.05) is 12.2 Å². The van der Waals surface area contributed by atoms with E-state index in [0.29, 0.717) is 45.6 Å². The Balaban J connectivity index is 2.22. The van der Waals surface area contributed by atoms with Crippen LogP contribution in [0.5, 0.6) is 34.5 Å². The van der Waals surface area contributed by atoms with Crippen molar-refractivity contribution in [2.45, 2.75) is 0 Å². The average molecular weight is 475 g/mol. The molecule has 0 heterocycles. The zero-order chi connectivity index (χ0) is 24.9. The molecule has 0 saturated carbocycles. The molecule has 2 aromatic rings. The number of ether oxygens (including phenoxy) is 6. The number of allylic oxidation sites excluding steroid dienone is 2. The summed E-state index contributed by atoms with van der Waals surface area (Å²) in [5, 5.41) is 18.0. The molecular formula is C25H30O9. The normalized spacial score (nSPS) is 11.0. The smallest absolute Gasteiger partial charge is 0.203 e. The molecule has 0 bridgehead atoms. The number of carbonyl (C=O) groups excluding carboxylic acids is 1. The average Bonchev–Trinajstić information content (AvgIpc) is 2.87. The van der Waals surface area contributed by atoms with Gasteiger partial charge in [-0.2, -0.15) is 0 Å². The van der Waals surface area contributed by atoms with Gasteiger partial charge in [0.25, 0.3) is 0 Å². The minimum absolute atomic E-state index is 0.0926. The van der Waals surface area contributed by atoms with E-state index in [4.69, 9.17) is 38.6 Å². The van der Waals surface area contributed by atoms with Crippen molar-refractivity contribution in [3.63, 3.8) is 0 Å². The van der Waals surface area contributed by atoms with Crippen molar-refractivity contribution >= 4 is 17.9 Å². The Morgan fingerprint density at radius 1 is 0.676 bits per heavy atom. The molecule has 0 atom stereocenters. The van der Waals surface area contributed by atoms with Crippen LogP contribution < -0.4 is 28.4 Å². The van der Waals surface area contributed by atoms with E-state index in [1.165, 1.54) is 40.6 Å². The van der Waals surface area contributed by atoms with Crippen molar-refractivity contribution in [2.24, 2.45) is 0 Å². The van der Waals surface area contributed by atoms with E-state index in [1.807, 2.05) is 0 Å². The maximum atomic E-state index is 12.4. The van der Waals surface area contributed by atoms with Gasteiger partial charge in [-0.25, -0.2) is 0 Å². The second-order valence-electron chi connectivity index (χ2n) is 6.72. The van der Waals surface area contributed by atoms with Gasteiger partial charge in [0.15, 0.2) is 28.8 Å². The van der Waals surface area contributed by atoms with Crippen molar-refractivity contribution in [3.8, 4) is 34.5 Å². The minimum atomic E-state index is -0.253. The Kier molecular flexibility index (Phi) is 10.8. The fraction of sp³-hybridized carbons (Fsp3) is 0.320. The summed E-state index contributed by atoms with van der Waals surface area (Å²) in [4.78, 5) is 12.4. The van der Waals surface area contributed by atoms with E-state index in [2.05, 4.69) is 0 Å². The fourth-order valence-corrected chi connectivity index (χ4v) is 2.99. The van der Waals surface area contributed by atoms with Gasteiger partial charge < -0.3 is 38.6 Å². The maximum Gasteiger partial charge on any atom is 0.203 e. The van der Waals surface area contributed by atoms with Crippen molar-refractivity contribution in [1.29, 1.82) is 0 Å². The summed E-state index contributed by atoms with van der Waals surface area (Å²) in [6.07, 6.45) is 6.07. The molecule has 2 aromatic carbocycles. The van der Waals surface area contributed by atoms with Crippen LogP contribution in [-0.2, 0) is 4.79 Å². The van der Waals surface area contributed by atoms with Crippen LogP contribution in [0.25, 0.3) is 12.2 Å². The zero-order valence-electron chi connectivity index (χ0n) is 19.7. The van der Waals surface area contributed by atoms with Crippen LogP contribution in [0.15, 0.2) is 36.4 Å². The van der Waals surface area contributed by atoms with Gasteiger partial charge >= 0.3 is 0 Å². The first-order valence-electron chi connectivity index (χ1n) is 10.4. The molecule has 184 valence electrons. The van der Waals surface area contributed by atoms with Gasteiger partial charge in [0.05, 0.1) is 41.7 Å². The predicted octanol–water partition coefficient (Wildman–Crippen LogP) is 2.76. The number of ketones is 1. The topological polar surface area (TPSA) is 113 Å². The van der Waals surface area contributed by atoms with Crippen LogP contribution in [0.3, 0.4) is 0 Å². The summed E-state index contributed by atoms with van der Waals surface area (Å²) in [6, 6.07) is 6.79. The molecule has 0 unspecified atom stereocenters. The molecule has 2 rings (SSSR count). The lowest BCUT2D eigenvalue weighted by molar-refractivity contribution is -0.110. The second-order valence-corrected chi connectivity index (χ2v) is 6.72. The van der Waals surface area contributed by atoms with Crippen molar-refractivity contribution < 1.29 is 43.4 Å². The van der Waals surface area contributed by atoms with Crippen molar-refractivity contribution in [3.05, 3.63) is 47.5 Å². The third kappa shape index (κ3) is 7.16. The monoisotopic (exact) mass is 474 g/mol. The summed E-state index contributed by atoms with van der Waals surface area (Å²) in [5.74, 6) is 2.15. The Labute approximate surface area is 198 Å². The number of rotatable bonds is 14. The lowest BCUT2D eigenvalue weighted by Crippen LogP contribution is -2.05. The van der Waals surface area contributed by atoms with Crippen molar-refractivity contribution in [2.75, 3.05) is 54.9 Å². The van der Waals surface area contributed by atoms with E-state index >= 15 is 0 Å². The lowest BCUT2D eigenvalue weighted by atomic mass is 10.1. The molecule has 0 aliphatic rings. The summed E-state index contributed by atoms with van der Waals surface area (Å²) in [6.45, 7) is -0.111. The third-order valence-electron chi connectivity index (χ3n) is 4.52. The minimum Gasteiger partial charge on any atom is -0.493 e. The van der Waals surface area contributed by atoms with Gasteiger partial charge in [0.1, 0.15) is 13.2 Å². The SMILES string of the molecule is COc1cc(/C=C/C(=O)/C=C/c2cc(OC)c(OCCO)c(OC)c2)cc(OC)c1OCCO. The molecule has 0 fully saturated rings. The van der Waals surface area contributed by atoms with Crippen LogP contribution in [0.2, 0.25) is 0 Å². The number of aliphatic hydroxyl groups is 2. The quantitative estimate of drug-likeness (QED) is 0.399. The Hall–Kier alpha value is -3.69. The summed E-state index contributed by atoms with van der Waals surface area (Å²) in [5.41, 5.74) is 1.33. The summed E-state index contributed by atoms with van der Waals surface area (Å²) >= 11 is 0. The van der Waals surface area contributed by atoms with Crippen molar-refractivity contribution in [1.82, 2.24) is 0 Å². The Morgan fingerprint density at radius 2 is 1.00 bits per heavy atom.